The lowest BCUT2D eigenvalue weighted by Gasteiger charge is -2.28. The molecule has 0 fully saturated rings. The maximum atomic E-state index is 12.4. The summed E-state index contributed by atoms with van der Waals surface area (Å²) in [6, 6.07) is 16.6. The Labute approximate surface area is 201 Å². The van der Waals surface area contributed by atoms with Crippen LogP contribution in [0.2, 0.25) is 0 Å². The average Bonchev–Trinajstić information content (AvgIpc) is 2.85. The van der Waals surface area contributed by atoms with Gasteiger partial charge in [-0.2, -0.15) is 0 Å². The van der Waals surface area contributed by atoms with Crippen LogP contribution in [0.4, 0.5) is 0 Å². The maximum Gasteiger partial charge on any atom is 0.317 e. The van der Waals surface area contributed by atoms with Gasteiger partial charge in [-0.05, 0) is 101 Å². The number of hydrogen-bond acceptors (Lipinski definition) is 3. The zero-order chi connectivity index (χ0) is 24.3. The number of rotatable bonds is 14. The van der Waals surface area contributed by atoms with E-state index >= 15 is 0 Å². The van der Waals surface area contributed by atoms with Crippen molar-refractivity contribution in [3.63, 3.8) is 0 Å². The molecule has 0 atom stereocenters. The third kappa shape index (κ3) is 8.21. The van der Waals surface area contributed by atoms with Gasteiger partial charge in [0.05, 0.1) is 5.41 Å². The van der Waals surface area contributed by atoms with Gasteiger partial charge >= 0.3 is 5.97 Å². The fourth-order valence-electron chi connectivity index (χ4n) is 3.73. The highest BCUT2D eigenvalue weighted by Gasteiger charge is 2.31. The van der Waals surface area contributed by atoms with Gasteiger partial charge in [-0.25, -0.2) is 0 Å². The Morgan fingerprint density at radius 2 is 1.12 bits per heavy atom. The van der Waals surface area contributed by atoms with E-state index in [9.17, 15) is 4.79 Å². The number of carbonyl (C=O) groups excluding carboxylic acids is 1. The Morgan fingerprint density at radius 3 is 1.55 bits per heavy atom. The Hall–Kier alpha value is -2.29. The predicted octanol–water partition coefficient (Wildman–Crippen LogP) is 8.33. The number of benzene rings is 2. The molecule has 0 saturated carbocycles. The molecule has 0 aromatic heterocycles. The maximum absolute atomic E-state index is 12.4. The van der Waals surface area contributed by atoms with Crippen molar-refractivity contribution in [2.45, 2.75) is 105 Å². The lowest BCUT2D eigenvalue weighted by molar-refractivity contribution is -0.145. The van der Waals surface area contributed by atoms with Crippen LogP contribution in [-0.2, 0) is 17.6 Å². The van der Waals surface area contributed by atoms with Crippen molar-refractivity contribution in [3.05, 3.63) is 59.7 Å². The fourth-order valence-corrected chi connectivity index (χ4v) is 3.73. The first-order valence-corrected chi connectivity index (χ1v) is 12.9. The van der Waals surface area contributed by atoms with Crippen molar-refractivity contribution in [1.82, 2.24) is 0 Å². The van der Waals surface area contributed by atoms with Crippen LogP contribution in [-0.4, -0.2) is 11.6 Å². The summed E-state index contributed by atoms with van der Waals surface area (Å²) in [4.78, 5) is 12.4. The number of hydrogen-bond donors (Lipinski definition) is 0. The first-order chi connectivity index (χ1) is 15.8. The zero-order valence-electron chi connectivity index (χ0n) is 21.7. The van der Waals surface area contributed by atoms with Gasteiger partial charge in [0.25, 0.3) is 0 Å². The Bertz CT molecular complexity index is 828. The van der Waals surface area contributed by atoms with E-state index < -0.39 is 5.41 Å². The summed E-state index contributed by atoms with van der Waals surface area (Å²) < 4.78 is 11.8. The van der Waals surface area contributed by atoms with Crippen LogP contribution in [0.25, 0.3) is 0 Å². The van der Waals surface area contributed by atoms with E-state index in [0.717, 1.165) is 50.7 Å². The number of aryl methyl sites for hydroxylation is 2. The molecule has 2 aromatic carbocycles. The molecule has 3 heteroatoms. The van der Waals surface area contributed by atoms with Crippen LogP contribution in [0.3, 0.4) is 0 Å². The van der Waals surface area contributed by atoms with E-state index in [1.54, 1.807) is 0 Å². The molecule has 0 unspecified atom stereocenters. The van der Waals surface area contributed by atoms with Crippen LogP contribution in [0.5, 0.6) is 11.5 Å². The van der Waals surface area contributed by atoms with Crippen molar-refractivity contribution in [2.24, 2.45) is 5.41 Å². The highest BCUT2D eigenvalue weighted by atomic mass is 16.5. The van der Waals surface area contributed by atoms with Crippen molar-refractivity contribution < 1.29 is 14.3 Å². The summed E-state index contributed by atoms with van der Waals surface area (Å²) in [5, 5.41) is 0. The van der Waals surface area contributed by atoms with Gasteiger partial charge in [-0.15, -0.1) is 0 Å². The van der Waals surface area contributed by atoms with Gasteiger partial charge in [0, 0.05) is 0 Å². The molecule has 0 saturated heterocycles. The molecule has 0 N–H and O–H groups in total. The molecule has 0 heterocycles. The Morgan fingerprint density at radius 1 is 0.667 bits per heavy atom. The highest BCUT2D eigenvalue weighted by Crippen LogP contribution is 2.28. The van der Waals surface area contributed by atoms with Crippen molar-refractivity contribution in [2.75, 3.05) is 0 Å². The molecule has 182 valence electrons. The summed E-state index contributed by atoms with van der Waals surface area (Å²) in [5.74, 6) is 1.47. The molecule has 2 rings (SSSR count). The number of carbonyl (C=O) groups is 1. The molecule has 2 aromatic rings. The van der Waals surface area contributed by atoms with Crippen LogP contribution < -0.4 is 9.47 Å². The number of esters is 1. The van der Waals surface area contributed by atoms with Crippen molar-refractivity contribution in [1.29, 1.82) is 0 Å². The standard InChI is InChI=1S/C30H44O3/c1-7-29(5,8-2)28(31)32-26-20-16-24(17-21-26)14-12-11-13-15-25-18-22-27(23-19-25)33-30(6,9-3)10-4/h16-23H,7-15H2,1-6H3. The van der Waals surface area contributed by atoms with E-state index in [0.29, 0.717) is 5.75 Å². The van der Waals surface area contributed by atoms with Crippen LogP contribution in [0.15, 0.2) is 48.5 Å². The second-order valence-corrected chi connectivity index (χ2v) is 9.76. The van der Waals surface area contributed by atoms with Gasteiger partial charge in [0.15, 0.2) is 0 Å². The Balaban J connectivity index is 1.71. The van der Waals surface area contributed by atoms with Gasteiger partial charge in [-0.1, -0.05) is 58.4 Å². The topological polar surface area (TPSA) is 35.5 Å². The average molecular weight is 453 g/mol. The van der Waals surface area contributed by atoms with Crippen molar-refractivity contribution in [3.8, 4) is 11.5 Å². The van der Waals surface area contributed by atoms with Crippen molar-refractivity contribution >= 4 is 5.97 Å². The summed E-state index contributed by atoms with van der Waals surface area (Å²) in [6.45, 7) is 12.6. The first-order valence-electron chi connectivity index (χ1n) is 12.9. The Kier molecular flexibility index (Phi) is 10.5. The van der Waals surface area contributed by atoms with E-state index in [1.165, 1.54) is 24.0 Å². The van der Waals surface area contributed by atoms with E-state index in [2.05, 4.69) is 57.2 Å². The molecule has 0 spiro atoms. The van der Waals surface area contributed by atoms with E-state index in [4.69, 9.17) is 9.47 Å². The fraction of sp³-hybridized carbons (Fsp3) is 0.567. The SMILES string of the molecule is CCC(C)(CC)Oc1ccc(CCCCCc2ccc(OC(=O)C(C)(CC)CC)cc2)cc1. The lowest BCUT2D eigenvalue weighted by Crippen LogP contribution is -2.30. The summed E-state index contributed by atoms with van der Waals surface area (Å²) >= 11 is 0. The molecule has 33 heavy (non-hydrogen) atoms. The molecule has 0 aliphatic carbocycles. The van der Waals surface area contributed by atoms with E-state index in [-0.39, 0.29) is 11.6 Å². The second kappa shape index (κ2) is 12.8. The molecule has 3 nitrogen and oxygen atoms in total. The van der Waals surface area contributed by atoms with Gasteiger partial charge in [0.2, 0.25) is 0 Å². The number of ether oxygens (including phenoxy) is 2. The molecule has 0 amide bonds. The summed E-state index contributed by atoms with van der Waals surface area (Å²) in [6.07, 6.45) is 9.29. The third-order valence-corrected chi connectivity index (χ3v) is 7.40. The van der Waals surface area contributed by atoms with Crippen LogP contribution in [0, 0.1) is 5.41 Å². The second-order valence-electron chi connectivity index (χ2n) is 9.76. The highest BCUT2D eigenvalue weighted by molar-refractivity contribution is 5.78. The molecule has 0 aliphatic rings. The third-order valence-electron chi connectivity index (χ3n) is 7.40. The molecular formula is C30H44O3. The quantitative estimate of drug-likeness (QED) is 0.164. The summed E-state index contributed by atoms with van der Waals surface area (Å²) in [5.41, 5.74) is 2.18. The van der Waals surface area contributed by atoms with Crippen LogP contribution in [0.1, 0.15) is 97.6 Å². The van der Waals surface area contributed by atoms with Gasteiger partial charge in [-0.3, -0.25) is 4.79 Å². The minimum absolute atomic E-state index is 0.0764. The van der Waals surface area contributed by atoms with Gasteiger partial charge in [0.1, 0.15) is 17.1 Å². The molecule has 0 radical (unpaired) electrons. The smallest absolute Gasteiger partial charge is 0.317 e. The normalized spacial score (nSPS) is 11.9. The first kappa shape index (κ1) is 27.0. The lowest BCUT2D eigenvalue weighted by atomic mass is 9.85. The monoisotopic (exact) mass is 452 g/mol. The molecular weight excluding hydrogens is 408 g/mol. The largest absolute Gasteiger partial charge is 0.488 e. The number of unbranched alkanes of at least 4 members (excludes halogenated alkanes) is 2. The zero-order valence-corrected chi connectivity index (χ0v) is 21.7. The predicted molar refractivity (Wildman–Crippen MR) is 138 cm³/mol. The van der Waals surface area contributed by atoms with E-state index in [1.807, 2.05) is 32.9 Å². The van der Waals surface area contributed by atoms with Gasteiger partial charge < -0.3 is 9.47 Å². The molecule has 0 aliphatic heterocycles. The van der Waals surface area contributed by atoms with Crippen LogP contribution >= 0.6 is 0 Å². The summed E-state index contributed by atoms with van der Waals surface area (Å²) in [7, 11) is 0. The minimum atomic E-state index is -0.405. The molecule has 0 bridgehead atoms. The minimum Gasteiger partial charge on any atom is -0.488 e.